The smallest absolute Gasteiger partial charge is 0.323 e. The van der Waals surface area contributed by atoms with Gasteiger partial charge in [0, 0.05) is 5.92 Å². The molecule has 1 unspecified atom stereocenters. The van der Waals surface area contributed by atoms with Crippen LogP contribution in [0.25, 0.3) is 0 Å². The summed E-state index contributed by atoms with van der Waals surface area (Å²) in [6.07, 6.45) is 0. The molecular weight excluding hydrogens is 274 g/mol. The van der Waals surface area contributed by atoms with E-state index in [4.69, 9.17) is 10.5 Å². The Morgan fingerprint density at radius 2 is 1.35 bits per heavy atom. The maximum Gasteiger partial charge on any atom is 0.323 e. The predicted octanol–water partition coefficient (Wildman–Crippen LogP) is 2.74. The Balaban J connectivity index is 0.00000200. The summed E-state index contributed by atoms with van der Waals surface area (Å²) in [5.74, 6) is -0.604. The summed E-state index contributed by atoms with van der Waals surface area (Å²) in [7, 11) is 1.36. The minimum absolute atomic E-state index is 0. The molecule has 1 atom stereocenters. The fourth-order valence-electron chi connectivity index (χ4n) is 2.20. The summed E-state index contributed by atoms with van der Waals surface area (Å²) in [6.45, 7) is 0. The molecule has 0 aliphatic heterocycles. The molecule has 0 saturated heterocycles. The Morgan fingerprint density at radius 3 is 1.70 bits per heavy atom. The topological polar surface area (TPSA) is 52.3 Å². The second kappa shape index (κ2) is 7.68. The van der Waals surface area contributed by atoms with Crippen molar-refractivity contribution in [1.82, 2.24) is 0 Å². The third-order valence-corrected chi connectivity index (χ3v) is 3.15. The van der Waals surface area contributed by atoms with E-state index in [2.05, 4.69) is 0 Å². The average Bonchev–Trinajstić information content (AvgIpc) is 2.49. The number of carbonyl (C=O) groups is 1. The quantitative estimate of drug-likeness (QED) is 0.881. The molecule has 4 heteroatoms. The SMILES string of the molecule is COC(=O)C(N)C(c1ccccc1)c1ccccc1.Cl. The Morgan fingerprint density at radius 1 is 0.950 bits per heavy atom. The van der Waals surface area contributed by atoms with E-state index in [1.807, 2.05) is 60.7 Å². The van der Waals surface area contributed by atoms with E-state index in [-0.39, 0.29) is 18.3 Å². The van der Waals surface area contributed by atoms with Crippen LogP contribution in [0, 0.1) is 0 Å². The molecule has 0 aromatic heterocycles. The number of hydrogen-bond acceptors (Lipinski definition) is 3. The lowest BCUT2D eigenvalue weighted by molar-refractivity contribution is -0.142. The maximum absolute atomic E-state index is 11.8. The Labute approximate surface area is 125 Å². The number of benzene rings is 2. The number of hydrogen-bond donors (Lipinski definition) is 1. The van der Waals surface area contributed by atoms with Crippen LogP contribution in [-0.2, 0) is 9.53 Å². The van der Waals surface area contributed by atoms with Gasteiger partial charge in [-0.05, 0) is 11.1 Å². The van der Waals surface area contributed by atoms with Crippen molar-refractivity contribution in [2.24, 2.45) is 5.73 Å². The summed E-state index contributed by atoms with van der Waals surface area (Å²) in [5, 5.41) is 0. The summed E-state index contributed by atoms with van der Waals surface area (Å²) in [4.78, 5) is 11.8. The third kappa shape index (κ3) is 3.59. The summed E-state index contributed by atoms with van der Waals surface area (Å²) >= 11 is 0. The lowest BCUT2D eigenvalue weighted by atomic mass is 9.85. The van der Waals surface area contributed by atoms with E-state index in [0.29, 0.717) is 0 Å². The molecule has 3 nitrogen and oxygen atoms in total. The van der Waals surface area contributed by atoms with Crippen LogP contribution in [0.5, 0.6) is 0 Å². The zero-order chi connectivity index (χ0) is 13.7. The van der Waals surface area contributed by atoms with Gasteiger partial charge in [0.15, 0.2) is 0 Å². The van der Waals surface area contributed by atoms with Crippen molar-refractivity contribution in [2.45, 2.75) is 12.0 Å². The van der Waals surface area contributed by atoms with Gasteiger partial charge in [-0.3, -0.25) is 4.79 Å². The molecule has 2 aromatic rings. The number of rotatable bonds is 4. The highest BCUT2D eigenvalue weighted by Gasteiger charge is 2.28. The molecule has 0 aliphatic rings. The van der Waals surface area contributed by atoms with Crippen molar-refractivity contribution >= 4 is 18.4 Å². The Kier molecular flexibility index (Phi) is 6.22. The van der Waals surface area contributed by atoms with Gasteiger partial charge in [0.1, 0.15) is 6.04 Å². The molecule has 2 N–H and O–H groups in total. The number of halogens is 1. The first kappa shape index (κ1) is 16.2. The van der Waals surface area contributed by atoms with Crippen LogP contribution >= 0.6 is 12.4 Å². The lowest BCUT2D eigenvalue weighted by Crippen LogP contribution is -2.38. The Bertz CT molecular complexity index is 491. The van der Waals surface area contributed by atoms with Crippen molar-refractivity contribution in [3.05, 3.63) is 71.8 Å². The van der Waals surface area contributed by atoms with Gasteiger partial charge in [0.2, 0.25) is 0 Å². The van der Waals surface area contributed by atoms with E-state index in [1.54, 1.807) is 0 Å². The normalized spacial score (nSPS) is 11.6. The molecule has 2 rings (SSSR count). The van der Waals surface area contributed by atoms with Crippen LogP contribution < -0.4 is 5.73 Å². The third-order valence-electron chi connectivity index (χ3n) is 3.15. The second-order valence-corrected chi connectivity index (χ2v) is 4.35. The van der Waals surface area contributed by atoms with Crippen LogP contribution in [0.1, 0.15) is 17.0 Å². The minimum Gasteiger partial charge on any atom is -0.468 e. The number of ether oxygens (including phenoxy) is 1. The molecule has 0 bridgehead atoms. The van der Waals surface area contributed by atoms with E-state index in [0.717, 1.165) is 11.1 Å². The Hall–Kier alpha value is -1.84. The highest BCUT2D eigenvalue weighted by molar-refractivity contribution is 5.85. The molecule has 0 radical (unpaired) electrons. The summed E-state index contributed by atoms with van der Waals surface area (Å²) in [6, 6.07) is 18.8. The highest BCUT2D eigenvalue weighted by atomic mass is 35.5. The molecule has 0 spiro atoms. The fraction of sp³-hybridized carbons (Fsp3) is 0.188. The molecule has 0 saturated carbocycles. The molecular formula is C16H18ClNO2. The van der Waals surface area contributed by atoms with Crippen LogP contribution in [0.2, 0.25) is 0 Å². The molecule has 20 heavy (non-hydrogen) atoms. The minimum atomic E-state index is -0.713. The van der Waals surface area contributed by atoms with Crippen LogP contribution in [0.4, 0.5) is 0 Å². The summed E-state index contributed by atoms with van der Waals surface area (Å²) < 4.78 is 4.77. The number of methoxy groups -OCH3 is 1. The summed E-state index contributed by atoms with van der Waals surface area (Å²) in [5.41, 5.74) is 8.07. The number of esters is 1. The van der Waals surface area contributed by atoms with Gasteiger partial charge >= 0.3 is 5.97 Å². The number of nitrogens with two attached hydrogens (primary N) is 1. The van der Waals surface area contributed by atoms with Gasteiger partial charge in [-0.2, -0.15) is 0 Å². The molecule has 106 valence electrons. The van der Waals surface area contributed by atoms with Crippen LogP contribution in [-0.4, -0.2) is 19.1 Å². The molecule has 0 fully saturated rings. The van der Waals surface area contributed by atoms with Gasteiger partial charge in [0.25, 0.3) is 0 Å². The van der Waals surface area contributed by atoms with Gasteiger partial charge < -0.3 is 10.5 Å². The van der Waals surface area contributed by atoms with E-state index < -0.39 is 12.0 Å². The number of carbonyl (C=O) groups excluding carboxylic acids is 1. The van der Waals surface area contributed by atoms with Crippen molar-refractivity contribution in [3.8, 4) is 0 Å². The van der Waals surface area contributed by atoms with Gasteiger partial charge in [-0.25, -0.2) is 0 Å². The van der Waals surface area contributed by atoms with Crippen molar-refractivity contribution in [2.75, 3.05) is 7.11 Å². The van der Waals surface area contributed by atoms with E-state index >= 15 is 0 Å². The molecule has 0 amide bonds. The zero-order valence-electron chi connectivity index (χ0n) is 11.2. The molecule has 2 aromatic carbocycles. The molecule has 0 aliphatic carbocycles. The van der Waals surface area contributed by atoms with Gasteiger partial charge in [-0.1, -0.05) is 60.7 Å². The molecule has 0 heterocycles. The van der Waals surface area contributed by atoms with Crippen LogP contribution in [0.3, 0.4) is 0 Å². The maximum atomic E-state index is 11.8. The fourth-order valence-corrected chi connectivity index (χ4v) is 2.20. The largest absolute Gasteiger partial charge is 0.468 e. The first-order valence-electron chi connectivity index (χ1n) is 6.17. The van der Waals surface area contributed by atoms with Gasteiger partial charge in [0.05, 0.1) is 7.11 Å². The van der Waals surface area contributed by atoms with Crippen molar-refractivity contribution in [1.29, 1.82) is 0 Å². The van der Waals surface area contributed by atoms with E-state index in [9.17, 15) is 4.79 Å². The predicted molar refractivity (Wildman–Crippen MR) is 82.0 cm³/mol. The first-order valence-corrected chi connectivity index (χ1v) is 6.17. The van der Waals surface area contributed by atoms with Gasteiger partial charge in [-0.15, -0.1) is 12.4 Å². The van der Waals surface area contributed by atoms with E-state index in [1.165, 1.54) is 7.11 Å². The zero-order valence-corrected chi connectivity index (χ0v) is 12.0. The van der Waals surface area contributed by atoms with Crippen LogP contribution in [0.15, 0.2) is 60.7 Å². The van der Waals surface area contributed by atoms with Crippen molar-refractivity contribution < 1.29 is 9.53 Å². The standard InChI is InChI=1S/C16H17NO2.ClH/c1-19-16(18)15(17)14(12-8-4-2-5-9-12)13-10-6-3-7-11-13;/h2-11,14-15H,17H2,1H3;1H. The average molecular weight is 292 g/mol. The lowest BCUT2D eigenvalue weighted by Gasteiger charge is -2.23. The first-order chi connectivity index (χ1) is 9.24. The monoisotopic (exact) mass is 291 g/mol. The highest BCUT2D eigenvalue weighted by Crippen LogP contribution is 2.27. The second-order valence-electron chi connectivity index (χ2n) is 4.35. The van der Waals surface area contributed by atoms with Crippen molar-refractivity contribution in [3.63, 3.8) is 0 Å².